The number of phenolic OH excluding ortho intramolecular Hbond substituents is 1. The summed E-state index contributed by atoms with van der Waals surface area (Å²) in [4.78, 5) is 6.86. The molecule has 1 unspecified atom stereocenters. The molecular formula is C16H23ClN4O2. The van der Waals surface area contributed by atoms with Gasteiger partial charge >= 0.3 is 0 Å². The second-order valence-corrected chi connectivity index (χ2v) is 5.56. The van der Waals surface area contributed by atoms with Gasteiger partial charge in [-0.1, -0.05) is 12.1 Å². The zero-order valence-electron chi connectivity index (χ0n) is 13.4. The summed E-state index contributed by atoms with van der Waals surface area (Å²) in [7, 11) is 3.61. The third-order valence-corrected chi connectivity index (χ3v) is 4.16. The van der Waals surface area contributed by atoms with Crippen molar-refractivity contribution in [2.75, 3.05) is 26.7 Å². The van der Waals surface area contributed by atoms with Crippen LogP contribution in [0.15, 0.2) is 30.6 Å². The standard InChI is InChI=1S/C16H22N4O2.ClH/c1-19-8-7-18-16(19)13-10-17-6-9-20(13)11-12-4-3-5-14(21)15(12)22-2;/h3-5,7-8,13,17,21H,6,9-11H2,1-2H3;1H. The molecule has 1 aliphatic rings. The molecule has 2 N–H and O–H groups in total. The van der Waals surface area contributed by atoms with Crippen molar-refractivity contribution in [3.63, 3.8) is 0 Å². The molecule has 1 fully saturated rings. The molecule has 0 amide bonds. The number of halogens is 1. The number of nitrogens with one attached hydrogen (secondary N) is 1. The van der Waals surface area contributed by atoms with E-state index in [0.717, 1.165) is 37.6 Å². The highest BCUT2D eigenvalue weighted by Gasteiger charge is 2.27. The van der Waals surface area contributed by atoms with Gasteiger partial charge in [0, 0.05) is 51.2 Å². The maximum Gasteiger partial charge on any atom is 0.164 e. The Labute approximate surface area is 142 Å². The van der Waals surface area contributed by atoms with E-state index in [9.17, 15) is 5.11 Å². The van der Waals surface area contributed by atoms with Crippen LogP contribution in [0.5, 0.6) is 11.5 Å². The van der Waals surface area contributed by atoms with Crippen LogP contribution in [0.4, 0.5) is 0 Å². The van der Waals surface area contributed by atoms with E-state index >= 15 is 0 Å². The number of methoxy groups -OCH3 is 1. The minimum absolute atomic E-state index is 0. The molecule has 3 rings (SSSR count). The molecule has 2 aromatic rings. The molecule has 7 heteroatoms. The van der Waals surface area contributed by atoms with Crippen molar-refractivity contribution in [1.29, 1.82) is 0 Å². The highest BCUT2D eigenvalue weighted by Crippen LogP contribution is 2.32. The smallest absolute Gasteiger partial charge is 0.164 e. The molecule has 1 atom stereocenters. The summed E-state index contributed by atoms with van der Waals surface area (Å²) in [5.74, 6) is 1.79. The van der Waals surface area contributed by atoms with Gasteiger partial charge in [-0.15, -0.1) is 12.4 Å². The Morgan fingerprint density at radius 3 is 2.96 bits per heavy atom. The van der Waals surface area contributed by atoms with Crippen LogP contribution >= 0.6 is 12.4 Å². The molecule has 6 nitrogen and oxygen atoms in total. The van der Waals surface area contributed by atoms with E-state index in [2.05, 4.69) is 19.8 Å². The zero-order valence-corrected chi connectivity index (χ0v) is 14.2. The predicted octanol–water partition coefficient (Wildman–Crippen LogP) is 1.70. The topological polar surface area (TPSA) is 62.6 Å². The van der Waals surface area contributed by atoms with Crippen LogP contribution in [0.25, 0.3) is 0 Å². The number of aromatic hydroxyl groups is 1. The fourth-order valence-corrected chi connectivity index (χ4v) is 3.04. The summed E-state index contributed by atoms with van der Waals surface area (Å²) in [6.07, 6.45) is 3.80. The molecule has 23 heavy (non-hydrogen) atoms. The molecule has 126 valence electrons. The molecule has 0 radical (unpaired) electrons. The quantitative estimate of drug-likeness (QED) is 0.888. The monoisotopic (exact) mass is 338 g/mol. The first-order chi connectivity index (χ1) is 10.7. The van der Waals surface area contributed by atoms with Gasteiger partial charge in [0.2, 0.25) is 0 Å². The minimum Gasteiger partial charge on any atom is -0.504 e. The van der Waals surface area contributed by atoms with Gasteiger partial charge in [-0.2, -0.15) is 0 Å². The van der Waals surface area contributed by atoms with Crippen LogP contribution in [0.1, 0.15) is 17.4 Å². The fourth-order valence-electron chi connectivity index (χ4n) is 3.04. The van der Waals surface area contributed by atoms with E-state index in [1.165, 1.54) is 0 Å². The Morgan fingerprint density at radius 1 is 1.43 bits per heavy atom. The van der Waals surface area contributed by atoms with Crippen molar-refractivity contribution in [2.45, 2.75) is 12.6 Å². The molecule has 1 saturated heterocycles. The number of benzene rings is 1. The lowest BCUT2D eigenvalue weighted by atomic mass is 10.1. The number of ether oxygens (including phenoxy) is 1. The van der Waals surface area contributed by atoms with E-state index in [-0.39, 0.29) is 24.2 Å². The molecule has 1 aromatic carbocycles. The Kier molecular flexibility index (Phi) is 5.87. The van der Waals surface area contributed by atoms with Crippen LogP contribution in [-0.4, -0.2) is 46.3 Å². The predicted molar refractivity (Wildman–Crippen MR) is 91.1 cm³/mol. The average Bonchev–Trinajstić information content (AvgIpc) is 2.94. The average molecular weight is 339 g/mol. The molecule has 0 saturated carbocycles. The zero-order chi connectivity index (χ0) is 15.5. The lowest BCUT2D eigenvalue weighted by Gasteiger charge is -2.36. The number of piperazine rings is 1. The summed E-state index contributed by atoms with van der Waals surface area (Å²) >= 11 is 0. The van der Waals surface area contributed by atoms with Gasteiger partial charge < -0.3 is 19.7 Å². The lowest BCUT2D eigenvalue weighted by molar-refractivity contribution is 0.143. The summed E-state index contributed by atoms with van der Waals surface area (Å²) in [5, 5.41) is 13.4. The van der Waals surface area contributed by atoms with E-state index in [1.54, 1.807) is 13.2 Å². The summed E-state index contributed by atoms with van der Waals surface area (Å²) < 4.78 is 7.41. The first kappa shape index (κ1) is 17.6. The van der Waals surface area contributed by atoms with E-state index in [1.807, 2.05) is 31.6 Å². The Bertz CT molecular complexity index is 647. The largest absolute Gasteiger partial charge is 0.504 e. The number of nitrogens with zero attached hydrogens (tertiary/aromatic N) is 3. The van der Waals surface area contributed by atoms with Gasteiger partial charge in [0.15, 0.2) is 11.5 Å². The van der Waals surface area contributed by atoms with Crippen LogP contribution in [-0.2, 0) is 13.6 Å². The van der Waals surface area contributed by atoms with E-state index in [0.29, 0.717) is 5.75 Å². The summed E-state index contributed by atoms with van der Waals surface area (Å²) in [6.45, 7) is 3.46. The Hall–Kier alpha value is -1.76. The van der Waals surface area contributed by atoms with E-state index in [4.69, 9.17) is 4.74 Å². The highest BCUT2D eigenvalue weighted by atomic mass is 35.5. The van der Waals surface area contributed by atoms with Gasteiger partial charge in [-0.05, 0) is 6.07 Å². The third kappa shape index (κ3) is 3.60. The Balaban J connectivity index is 0.00000192. The van der Waals surface area contributed by atoms with Crippen molar-refractivity contribution < 1.29 is 9.84 Å². The number of hydrogen-bond acceptors (Lipinski definition) is 5. The van der Waals surface area contributed by atoms with Crippen LogP contribution < -0.4 is 10.1 Å². The molecule has 1 aliphatic heterocycles. The highest BCUT2D eigenvalue weighted by molar-refractivity contribution is 5.85. The maximum absolute atomic E-state index is 9.94. The summed E-state index contributed by atoms with van der Waals surface area (Å²) in [6, 6.07) is 5.71. The molecule has 0 spiro atoms. The second kappa shape index (κ2) is 7.68. The molecule has 2 heterocycles. The Morgan fingerprint density at radius 2 is 2.26 bits per heavy atom. The number of rotatable bonds is 4. The number of aromatic nitrogens is 2. The van der Waals surface area contributed by atoms with Crippen LogP contribution in [0.3, 0.4) is 0 Å². The van der Waals surface area contributed by atoms with Crippen LogP contribution in [0.2, 0.25) is 0 Å². The number of hydrogen-bond donors (Lipinski definition) is 2. The normalized spacial score (nSPS) is 18.4. The fraction of sp³-hybridized carbons (Fsp3) is 0.438. The van der Waals surface area contributed by atoms with Crippen molar-refractivity contribution in [3.05, 3.63) is 42.0 Å². The van der Waals surface area contributed by atoms with E-state index < -0.39 is 0 Å². The molecule has 1 aromatic heterocycles. The van der Waals surface area contributed by atoms with Gasteiger partial charge in [0.1, 0.15) is 5.82 Å². The SMILES string of the molecule is COc1c(O)cccc1CN1CCNCC1c1nccn1C.Cl. The molecule has 0 aliphatic carbocycles. The molecule has 0 bridgehead atoms. The first-order valence-corrected chi connectivity index (χ1v) is 7.47. The second-order valence-electron chi connectivity index (χ2n) is 5.56. The number of phenols is 1. The molecular weight excluding hydrogens is 316 g/mol. The number of imidazole rings is 1. The number of aryl methyl sites for hydroxylation is 1. The number of para-hydroxylation sites is 1. The summed E-state index contributed by atoms with van der Waals surface area (Å²) in [5.41, 5.74) is 0.989. The third-order valence-electron chi connectivity index (χ3n) is 4.16. The minimum atomic E-state index is 0. The first-order valence-electron chi connectivity index (χ1n) is 7.47. The van der Waals surface area contributed by atoms with Gasteiger partial charge in [0.05, 0.1) is 13.2 Å². The van der Waals surface area contributed by atoms with Gasteiger partial charge in [-0.3, -0.25) is 4.90 Å². The van der Waals surface area contributed by atoms with Crippen molar-refractivity contribution in [2.24, 2.45) is 7.05 Å². The maximum atomic E-state index is 9.94. The van der Waals surface area contributed by atoms with Gasteiger partial charge in [0.25, 0.3) is 0 Å². The van der Waals surface area contributed by atoms with Gasteiger partial charge in [-0.25, -0.2) is 4.98 Å². The van der Waals surface area contributed by atoms with Crippen molar-refractivity contribution in [1.82, 2.24) is 19.8 Å². The van der Waals surface area contributed by atoms with Crippen LogP contribution in [0, 0.1) is 0 Å². The van der Waals surface area contributed by atoms with Crippen molar-refractivity contribution >= 4 is 12.4 Å². The lowest BCUT2D eigenvalue weighted by Crippen LogP contribution is -2.46. The van der Waals surface area contributed by atoms with Crippen molar-refractivity contribution in [3.8, 4) is 11.5 Å².